The average molecular weight is 397 g/mol. The van der Waals surface area contributed by atoms with Crippen molar-refractivity contribution in [1.82, 2.24) is 25.5 Å². The summed E-state index contributed by atoms with van der Waals surface area (Å²) in [5.41, 5.74) is 1.89. The highest BCUT2D eigenvalue weighted by atomic mass is 19.1. The number of halogens is 1. The van der Waals surface area contributed by atoms with Crippen molar-refractivity contribution in [2.24, 2.45) is 0 Å². The molecular formula is C21H24FN5O2. The van der Waals surface area contributed by atoms with Gasteiger partial charge in [0.15, 0.2) is 0 Å². The molecule has 7 nitrogen and oxygen atoms in total. The molecule has 1 amide bonds. The fourth-order valence-corrected chi connectivity index (χ4v) is 2.96. The third-order valence-electron chi connectivity index (χ3n) is 4.52. The Balaban J connectivity index is 1.88. The van der Waals surface area contributed by atoms with Gasteiger partial charge in [-0.15, -0.1) is 0 Å². The molecular weight excluding hydrogens is 373 g/mol. The fraction of sp³-hybridized carbons (Fsp3) is 0.333. The molecule has 0 radical (unpaired) electrons. The summed E-state index contributed by atoms with van der Waals surface area (Å²) in [6.07, 6.45) is 0.276. The van der Waals surface area contributed by atoms with Crippen LogP contribution in [0.5, 0.6) is 0 Å². The Hall–Kier alpha value is -3.29. The van der Waals surface area contributed by atoms with Crippen molar-refractivity contribution in [3.63, 3.8) is 0 Å². The lowest BCUT2D eigenvalue weighted by atomic mass is 9.92. The first-order valence-electron chi connectivity index (χ1n) is 9.31. The van der Waals surface area contributed by atoms with Crippen molar-refractivity contribution in [2.75, 3.05) is 0 Å². The summed E-state index contributed by atoms with van der Waals surface area (Å²) in [6.45, 7) is 7.74. The maximum absolute atomic E-state index is 13.4. The second-order valence-corrected chi connectivity index (χ2v) is 8.02. The van der Waals surface area contributed by atoms with Gasteiger partial charge in [0.05, 0.1) is 11.7 Å². The zero-order valence-corrected chi connectivity index (χ0v) is 16.8. The van der Waals surface area contributed by atoms with Gasteiger partial charge >= 0.3 is 0 Å². The Morgan fingerprint density at radius 2 is 1.90 bits per heavy atom. The monoisotopic (exact) mass is 397 g/mol. The fourth-order valence-electron chi connectivity index (χ4n) is 2.96. The van der Waals surface area contributed by atoms with E-state index in [0.717, 1.165) is 5.69 Å². The molecule has 0 aliphatic heterocycles. The van der Waals surface area contributed by atoms with Gasteiger partial charge in [0, 0.05) is 23.6 Å². The van der Waals surface area contributed by atoms with E-state index in [0.29, 0.717) is 17.1 Å². The van der Waals surface area contributed by atoms with Crippen LogP contribution in [0.3, 0.4) is 0 Å². The second kappa shape index (κ2) is 7.98. The number of amides is 1. The Morgan fingerprint density at radius 1 is 1.21 bits per heavy atom. The van der Waals surface area contributed by atoms with E-state index in [1.165, 1.54) is 18.2 Å². The van der Waals surface area contributed by atoms with Crippen molar-refractivity contribution in [3.05, 3.63) is 81.0 Å². The second-order valence-electron chi connectivity index (χ2n) is 8.02. The minimum Gasteiger partial charge on any atom is -0.343 e. The summed E-state index contributed by atoms with van der Waals surface area (Å²) in [4.78, 5) is 31.5. The number of carbonyl (C=O) groups is 1. The highest BCUT2D eigenvalue weighted by Gasteiger charge is 2.22. The molecule has 0 saturated carbocycles. The number of aryl methyl sites for hydroxylation is 1. The smallest absolute Gasteiger partial charge is 0.272 e. The number of nitrogens with zero attached hydrogens (tertiary/aromatic N) is 2. The van der Waals surface area contributed by atoms with Gasteiger partial charge in [-0.3, -0.25) is 14.7 Å². The molecule has 3 N–H and O–H groups in total. The third kappa shape index (κ3) is 5.16. The molecule has 0 saturated heterocycles. The highest BCUT2D eigenvalue weighted by Crippen LogP contribution is 2.22. The molecule has 0 spiro atoms. The third-order valence-corrected chi connectivity index (χ3v) is 4.52. The highest BCUT2D eigenvalue weighted by molar-refractivity contribution is 5.92. The number of benzene rings is 1. The molecule has 0 fully saturated rings. The standard InChI is InChI=1S/C21H24FN5O2/c1-12-23-15(10-19(28)24-12)9-16(13-5-7-14(22)8-6-13)25-20(29)17-11-18(27-26-17)21(2,3)4/h5-8,10-11,16H,9H2,1-4H3,(H,25,29)(H,26,27)(H,23,24,28)/t16-/m1/s1. The Morgan fingerprint density at radius 3 is 2.48 bits per heavy atom. The first-order chi connectivity index (χ1) is 13.6. The van der Waals surface area contributed by atoms with Crippen molar-refractivity contribution in [2.45, 2.75) is 45.6 Å². The summed E-state index contributed by atoms with van der Waals surface area (Å²) in [5, 5.41) is 9.93. The normalized spacial score (nSPS) is 12.6. The lowest BCUT2D eigenvalue weighted by Gasteiger charge is -2.19. The number of nitrogens with one attached hydrogen (secondary N) is 3. The SMILES string of the molecule is Cc1nc(C[C@@H](NC(=O)c2cc(C(C)(C)C)[nH]n2)c2ccc(F)cc2)cc(=O)[nH]1. The molecule has 29 heavy (non-hydrogen) atoms. The largest absolute Gasteiger partial charge is 0.343 e. The molecule has 0 aliphatic rings. The van der Waals surface area contributed by atoms with Gasteiger partial charge < -0.3 is 10.3 Å². The van der Waals surface area contributed by atoms with E-state index in [-0.39, 0.29) is 34.8 Å². The molecule has 0 bridgehead atoms. The van der Waals surface area contributed by atoms with Crippen LogP contribution in [0.25, 0.3) is 0 Å². The number of hydrogen-bond donors (Lipinski definition) is 3. The molecule has 3 aromatic rings. The van der Waals surface area contributed by atoms with Crippen LogP contribution in [-0.4, -0.2) is 26.1 Å². The maximum atomic E-state index is 13.4. The molecule has 3 rings (SSSR count). The first kappa shape index (κ1) is 20.4. The van der Waals surface area contributed by atoms with Gasteiger partial charge in [-0.05, 0) is 30.7 Å². The lowest BCUT2D eigenvalue weighted by molar-refractivity contribution is 0.0931. The molecule has 152 valence electrons. The van der Waals surface area contributed by atoms with E-state index in [4.69, 9.17) is 0 Å². The average Bonchev–Trinajstić information content (AvgIpc) is 3.11. The van der Waals surface area contributed by atoms with Crippen molar-refractivity contribution < 1.29 is 9.18 Å². The lowest BCUT2D eigenvalue weighted by Crippen LogP contribution is -2.31. The Bertz CT molecular complexity index is 1060. The summed E-state index contributed by atoms with van der Waals surface area (Å²) < 4.78 is 13.4. The van der Waals surface area contributed by atoms with Crippen LogP contribution in [0.4, 0.5) is 4.39 Å². The van der Waals surface area contributed by atoms with Gasteiger partial charge in [-0.2, -0.15) is 5.10 Å². The van der Waals surface area contributed by atoms with Crippen LogP contribution in [0.2, 0.25) is 0 Å². The van der Waals surface area contributed by atoms with Crippen molar-refractivity contribution in [3.8, 4) is 0 Å². The topological polar surface area (TPSA) is 104 Å². The number of H-pyrrole nitrogens is 2. The van der Waals surface area contributed by atoms with E-state index >= 15 is 0 Å². The number of rotatable bonds is 5. The molecule has 0 unspecified atom stereocenters. The van der Waals surface area contributed by atoms with Gasteiger partial charge in [0.25, 0.3) is 11.5 Å². The van der Waals surface area contributed by atoms with E-state index in [1.54, 1.807) is 25.1 Å². The predicted octanol–water partition coefficient (Wildman–Crippen LogP) is 2.95. The first-order valence-corrected chi connectivity index (χ1v) is 9.31. The number of aromatic nitrogens is 4. The number of hydrogen-bond acceptors (Lipinski definition) is 4. The van der Waals surface area contributed by atoms with Gasteiger partial charge in [-0.1, -0.05) is 32.9 Å². The zero-order chi connectivity index (χ0) is 21.2. The predicted molar refractivity (Wildman–Crippen MR) is 107 cm³/mol. The summed E-state index contributed by atoms with van der Waals surface area (Å²) >= 11 is 0. The van der Waals surface area contributed by atoms with Crippen LogP contribution in [0.15, 0.2) is 41.2 Å². The van der Waals surface area contributed by atoms with Crippen LogP contribution >= 0.6 is 0 Å². The maximum Gasteiger partial charge on any atom is 0.272 e. The van der Waals surface area contributed by atoms with Crippen molar-refractivity contribution in [1.29, 1.82) is 0 Å². The quantitative estimate of drug-likeness (QED) is 0.616. The number of aromatic amines is 2. The molecule has 1 aromatic carbocycles. The minimum atomic E-state index is -0.508. The summed E-state index contributed by atoms with van der Waals surface area (Å²) in [6, 6.07) is 8.46. The van der Waals surface area contributed by atoms with E-state index in [1.807, 2.05) is 20.8 Å². The summed E-state index contributed by atoms with van der Waals surface area (Å²) in [7, 11) is 0. The zero-order valence-electron chi connectivity index (χ0n) is 16.8. The van der Waals surface area contributed by atoms with Gasteiger partial charge in [-0.25, -0.2) is 9.37 Å². The summed E-state index contributed by atoms with van der Waals surface area (Å²) in [5.74, 6) is -0.252. The Kier molecular flexibility index (Phi) is 5.63. The molecule has 8 heteroatoms. The minimum absolute atomic E-state index is 0.172. The molecule has 0 aliphatic carbocycles. The van der Waals surface area contributed by atoms with E-state index in [9.17, 15) is 14.0 Å². The van der Waals surface area contributed by atoms with Crippen LogP contribution < -0.4 is 10.9 Å². The van der Waals surface area contributed by atoms with E-state index in [2.05, 4.69) is 25.5 Å². The van der Waals surface area contributed by atoms with E-state index < -0.39 is 6.04 Å². The van der Waals surface area contributed by atoms with Gasteiger partial charge in [0.1, 0.15) is 17.3 Å². The van der Waals surface area contributed by atoms with Gasteiger partial charge in [0.2, 0.25) is 0 Å². The molecule has 2 heterocycles. The van der Waals surface area contributed by atoms with Crippen LogP contribution in [0.1, 0.15) is 60.1 Å². The van der Waals surface area contributed by atoms with Crippen LogP contribution in [-0.2, 0) is 11.8 Å². The Labute approximate surface area is 167 Å². The van der Waals surface area contributed by atoms with Crippen molar-refractivity contribution >= 4 is 5.91 Å². The molecule has 2 aromatic heterocycles. The molecule has 1 atom stereocenters. The number of carbonyl (C=O) groups excluding carboxylic acids is 1. The van der Waals surface area contributed by atoms with Crippen LogP contribution in [0, 0.1) is 12.7 Å².